The molecule has 100 valence electrons. The fourth-order valence-corrected chi connectivity index (χ4v) is 1.99. The summed E-state index contributed by atoms with van der Waals surface area (Å²) in [7, 11) is 0. The van der Waals surface area contributed by atoms with Crippen molar-refractivity contribution in [2.75, 3.05) is 5.73 Å². The van der Waals surface area contributed by atoms with Gasteiger partial charge in [0, 0.05) is 16.7 Å². The molecule has 0 radical (unpaired) electrons. The lowest BCUT2D eigenvalue weighted by Crippen LogP contribution is -2.11. The Morgan fingerprint density at radius 3 is 2.42 bits per heavy atom. The lowest BCUT2D eigenvalue weighted by molar-refractivity contribution is 0.463. The van der Waals surface area contributed by atoms with Crippen molar-refractivity contribution in [1.82, 2.24) is 4.98 Å². The Hall–Kier alpha value is -1.55. The van der Waals surface area contributed by atoms with Crippen LogP contribution in [0.4, 0.5) is 5.69 Å². The molecule has 0 aliphatic rings. The van der Waals surface area contributed by atoms with E-state index in [1.807, 2.05) is 30.5 Å². The van der Waals surface area contributed by atoms with E-state index >= 15 is 0 Å². The maximum atomic E-state index is 5.89. The van der Waals surface area contributed by atoms with Crippen molar-refractivity contribution in [2.45, 2.75) is 26.2 Å². The van der Waals surface area contributed by atoms with E-state index in [2.05, 4.69) is 41.7 Å². The van der Waals surface area contributed by atoms with E-state index < -0.39 is 0 Å². The Kier molecular flexibility index (Phi) is 3.80. The van der Waals surface area contributed by atoms with Gasteiger partial charge in [0.1, 0.15) is 0 Å². The molecule has 0 saturated heterocycles. The maximum absolute atomic E-state index is 5.89. The summed E-state index contributed by atoms with van der Waals surface area (Å²) >= 11 is 3.36. The zero-order valence-corrected chi connectivity index (χ0v) is 12.9. The molecule has 0 aliphatic heterocycles. The molecule has 0 amide bonds. The van der Waals surface area contributed by atoms with Gasteiger partial charge in [0.2, 0.25) is 5.88 Å². The van der Waals surface area contributed by atoms with E-state index in [1.165, 1.54) is 5.56 Å². The molecule has 0 fully saturated rings. The fourth-order valence-electron chi connectivity index (χ4n) is 1.61. The maximum Gasteiger partial charge on any atom is 0.219 e. The molecule has 2 aromatic rings. The van der Waals surface area contributed by atoms with Gasteiger partial charge >= 0.3 is 0 Å². The number of rotatable bonds is 2. The first-order valence-corrected chi connectivity index (χ1v) is 6.85. The van der Waals surface area contributed by atoms with Crippen LogP contribution in [0.25, 0.3) is 0 Å². The van der Waals surface area contributed by atoms with Crippen LogP contribution >= 0.6 is 15.9 Å². The molecule has 0 bridgehead atoms. The third-order valence-electron chi connectivity index (χ3n) is 2.79. The third kappa shape index (κ3) is 3.47. The minimum absolute atomic E-state index is 0.0855. The summed E-state index contributed by atoms with van der Waals surface area (Å²) in [5, 5.41) is 0. The van der Waals surface area contributed by atoms with E-state index in [0.29, 0.717) is 17.3 Å². The van der Waals surface area contributed by atoms with Gasteiger partial charge < -0.3 is 10.5 Å². The van der Waals surface area contributed by atoms with Crippen LogP contribution in [0.2, 0.25) is 0 Å². The normalized spacial score (nSPS) is 11.4. The van der Waals surface area contributed by atoms with Crippen LogP contribution in [-0.4, -0.2) is 4.98 Å². The van der Waals surface area contributed by atoms with Gasteiger partial charge in [-0.05, 0) is 29.2 Å². The van der Waals surface area contributed by atoms with E-state index in [4.69, 9.17) is 10.5 Å². The lowest BCUT2D eigenvalue weighted by Gasteiger charge is -2.18. The van der Waals surface area contributed by atoms with Crippen molar-refractivity contribution < 1.29 is 4.74 Å². The van der Waals surface area contributed by atoms with Gasteiger partial charge in [0.25, 0.3) is 0 Å². The Morgan fingerprint density at radius 2 is 1.89 bits per heavy atom. The number of hydrogen-bond acceptors (Lipinski definition) is 3. The smallest absolute Gasteiger partial charge is 0.219 e. The van der Waals surface area contributed by atoms with Gasteiger partial charge in [-0.15, -0.1) is 0 Å². The minimum Gasteiger partial charge on any atom is -0.437 e. The topological polar surface area (TPSA) is 48.1 Å². The molecular formula is C15H17BrN2O. The quantitative estimate of drug-likeness (QED) is 0.828. The van der Waals surface area contributed by atoms with Crippen molar-refractivity contribution in [3.05, 3.63) is 46.6 Å². The van der Waals surface area contributed by atoms with E-state index in [9.17, 15) is 0 Å². The molecule has 4 heteroatoms. The van der Waals surface area contributed by atoms with E-state index in [-0.39, 0.29) is 5.41 Å². The van der Waals surface area contributed by atoms with Crippen molar-refractivity contribution >= 4 is 21.6 Å². The average Bonchev–Trinajstić information content (AvgIpc) is 2.32. The van der Waals surface area contributed by atoms with Gasteiger partial charge in [-0.3, -0.25) is 0 Å². The Morgan fingerprint density at radius 1 is 1.16 bits per heavy atom. The number of anilines is 1. The highest BCUT2D eigenvalue weighted by atomic mass is 79.9. The highest BCUT2D eigenvalue weighted by Gasteiger charge is 2.14. The molecule has 2 rings (SSSR count). The van der Waals surface area contributed by atoms with Crippen LogP contribution in [0.1, 0.15) is 26.3 Å². The second-order valence-corrected chi connectivity index (χ2v) is 6.33. The van der Waals surface area contributed by atoms with Crippen LogP contribution in [0.5, 0.6) is 11.6 Å². The largest absolute Gasteiger partial charge is 0.437 e. The summed E-state index contributed by atoms with van der Waals surface area (Å²) in [6.45, 7) is 6.45. The van der Waals surface area contributed by atoms with E-state index in [1.54, 1.807) is 6.07 Å². The predicted molar refractivity (Wildman–Crippen MR) is 81.6 cm³/mol. The molecule has 0 aliphatic carbocycles. The average molecular weight is 321 g/mol. The number of benzene rings is 1. The first kappa shape index (κ1) is 13.9. The second kappa shape index (κ2) is 5.21. The van der Waals surface area contributed by atoms with Crippen LogP contribution in [0.15, 0.2) is 41.0 Å². The number of nitrogen functional groups attached to an aromatic ring is 1. The molecular weight excluding hydrogens is 304 g/mol. The molecule has 0 spiro atoms. The summed E-state index contributed by atoms with van der Waals surface area (Å²) in [6.07, 6.45) is 1.84. The number of aromatic nitrogens is 1. The first-order valence-electron chi connectivity index (χ1n) is 6.06. The van der Waals surface area contributed by atoms with Gasteiger partial charge in [-0.2, -0.15) is 0 Å². The number of halogens is 1. The van der Waals surface area contributed by atoms with Crippen molar-refractivity contribution in [3.8, 4) is 11.6 Å². The van der Waals surface area contributed by atoms with Crippen molar-refractivity contribution in [2.24, 2.45) is 0 Å². The molecule has 3 nitrogen and oxygen atoms in total. The van der Waals surface area contributed by atoms with E-state index in [0.717, 1.165) is 4.47 Å². The monoisotopic (exact) mass is 320 g/mol. The fraction of sp³-hybridized carbons (Fsp3) is 0.267. The highest BCUT2D eigenvalue weighted by molar-refractivity contribution is 9.10. The highest BCUT2D eigenvalue weighted by Crippen LogP contribution is 2.30. The summed E-state index contributed by atoms with van der Waals surface area (Å²) in [4.78, 5) is 4.31. The SMILES string of the molecule is CC(C)(C)c1ccc(Oc2ccc(Br)cc2N)nc1. The predicted octanol–water partition coefficient (Wildman–Crippen LogP) is 4.52. The summed E-state index contributed by atoms with van der Waals surface area (Å²) in [6, 6.07) is 9.40. The summed E-state index contributed by atoms with van der Waals surface area (Å²) in [5.41, 5.74) is 7.72. The standard InChI is InChI=1S/C15H17BrN2O/c1-15(2,3)10-4-7-14(18-9-10)19-13-6-5-11(16)8-12(13)17/h4-9H,17H2,1-3H3. The molecule has 1 heterocycles. The number of ether oxygens (including phenoxy) is 1. The van der Waals surface area contributed by atoms with Crippen LogP contribution < -0.4 is 10.5 Å². The minimum atomic E-state index is 0.0855. The number of hydrogen-bond donors (Lipinski definition) is 1. The van der Waals surface area contributed by atoms with Crippen LogP contribution in [-0.2, 0) is 5.41 Å². The Labute approximate surface area is 121 Å². The third-order valence-corrected chi connectivity index (χ3v) is 3.28. The molecule has 19 heavy (non-hydrogen) atoms. The van der Waals surface area contributed by atoms with Gasteiger partial charge in [0.05, 0.1) is 5.69 Å². The lowest BCUT2D eigenvalue weighted by atomic mass is 9.88. The number of nitrogens with two attached hydrogens (primary N) is 1. The molecule has 1 aromatic carbocycles. The molecule has 2 N–H and O–H groups in total. The van der Waals surface area contributed by atoms with Crippen molar-refractivity contribution in [3.63, 3.8) is 0 Å². The van der Waals surface area contributed by atoms with Crippen molar-refractivity contribution in [1.29, 1.82) is 0 Å². The molecule has 0 unspecified atom stereocenters. The second-order valence-electron chi connectivity index (χ2n) is 5.42. The number of nitrogens with zero attached hydrogens (tertiary/aromatic N) is 1. The molecule has 0 atom stereocenters. The zero-order chi connectivity index (χ0) is 14.0. The number of pyridine rings is 1. The Bertz CT molecular complexity index is 574. The zero-order valence-electron chi connectivity index (χ0n) is 11.3. The van der Waals surface area contributed by atoms with Crippen LogP contribution in [0.3, 0.4) is 0 Å². The molecule has 0 saturated carbocycles. The molecule has 1 aromatic heterocycles. The summed E-state index contributed by atoms with van der Waals surface area (Å²) in [5.74, 6) is 1.15. The Balaban J connectivity index is 2.20. The van der Waals surface area contributed by atoms with Crippen LogP contribution in [0, 0.1) is 0 Å². The van der Waals surface area contributed by atoms with Gasteiger partial charge in [0.15, 0.2) is 5.75 Å². The first-order chi connectivity index (χ1) is 8.86. The van der Waals surface area contributed by atoms with Gasteiger partial charge in [-0.25, -0.2) is 4.98 Å². The summed E-state index contributed by atoms with van der Waals surface area (Å²) < 4.78 is 6.60. The van der Waals surface area contributed by atoms with Gasteiger partial charge in [-0.1, -0.05) is 42.8 Å².